The number of benzene rings is 2. The molecule has 4 aromatic rings. The number of nitrogens with zero attached hydrogens (tertiary/aromatic N) is 2. The molecule has 0 saturated carbocycles. The molecule has 0 radical (unpaired) electrons. The molecule has 2 aromatic carbocycles. The van der Waals surface area contributed by atoms with Crippen LogP contribution >= 0.6 is 22.9 Å². The SMILES string of the molecule is O=C(Nc1nc2ccc(OCc3ccc(F)cc3Cl)cc2s1)c1ncccc1O. The maximum Gasteiger partial charge on any atom is 0.279 e. The van der Waals surface area contributed by atoms with E-state index >= 15 is 0 Å². The Kier molecular flexibility index (Phi) is 5.28. The molecule has 4 rings (SSSR count). The van der Waals surface area contributed by atoms with Crippen molar-refractivity contribution in [3.05, 3.63) is 76.8 Å². The average molecular weight is 430 g/mol. The fourth-order valence-corrected chi connectivity index (χ4v) is 3.69. The Morgan fingerprint density at radius 3 is 2.90 bits per heavy atom. The molecule has 9 heteroatoms. The maximum atomic E-state index is 13.1. The summed E-state index contributed by atoms with van der Waals surface area (Å²) in [6, 6.07) is 12.4. The third-order valence-corrected chi connectivity index (χ3v) is 5.28. The quantitative estimate of drug-likeness (QED) is 0.465. The smallest absolute Gasteiger partial charge is 0.279 e. The van der Waals surface area contributed by atoms with Gasteiger partial charge < -0.3 is 9.84 Å². The van der Waals surface area contributed by atoms with Gasteiger partial charge in [-0.05, 0) is 42.5 Å². The first-order chi connectivity index (χ1) is 14.0. The second kappa shape index (κ2) is 8.02. The summed E-state index contributed by atoms with van der Waals surface area (Å²) >= 11 is 7.27. The molecule has 6 nitrogen and oxygen atoms in total. The molecule has 0 unspecified atom stereocenters. The van der Waals surface area contributed by atoms with E-state index in [-0.39, 0.29) is 18.1 Å². The lowest BCUT2D eigenvalue weighted by Gasteiger charge is -2.07. The highest BCUT2D eigenvalue weighted by molar-refractivity contribution is 7.22. The Hall–Kier alpha value is -3.23. The molecule has 29 heavy (non-hydrogen) atoms. The zero-order valence-electron chi connectivity index (χ0n) is 14.7. The zero-order valence-corrected chi connectivity index (χ0v) is 16.3. The van der Waals surface area contributed by atoms with E-state index in [2.05, 4.69) is 15.3 Å². The highest BCUT2D eigenvalue weighted by Crippen LogP contribution is 2.30. The van der Waals surface area contributed by atoms with Crippen molar-refractivity contribution in [1.29, 1.82) is 0 Å². The monoisotopic (exact) mass is 429 g/mol. The minimum Gasteiger partial charge on any atom is -0.505 e. The lowest BCUT2D eigenvalue weighted by Crippen LogP contribution is -2.13. The third kappa shape index (κ3) is 4.28. The van der Waals surface area contributed by atoms with Crippen LogP contribution in [0, 0.1) is 5.82 Å². The van der Waals surface area contributed by atoms with Gasteiger partial charge in [0.1, 0.15) is 23.9 Å². The molecule has 2 heterocycles. The van der Waals surface area contributed by atoms with Crippen LogP contribution in [-0.2, 0) is 6.61 Å². The van der Waals surface area contributed by atoms with Crippen LogP contribution in [0.5, 0.6) is 11.5 Å². The van der Waals surface area contributed by atoms with Crippen LogP contribution in [0.3, 0.4) is 0 Å². The number of nitrogens with one attached hydrogen (secondary N) is 1. The molecule has 0 atom stereocenters. The predicted molar refractivity (Wildman–Crippen MR) is 109 cm³/mol. The van der Waals surface area contributed by atoms with E-state index in [4.69, 9.17) is 16.3 Å². The molecule has 0 fully saturated rings. The number of hydrogen-bond donors (Lipinski definition) is 2. The van der Waals surface area contributed by atoms with E-state index in [1.165, 1.54) is 41.8 Å². The van der Waals surface area contributed by atoms with Crippen LogP contribution in [0.25, 0.3) is 10.2 Å². The van der Waals surface area contributed by atoms with Gasteiger partial charge in [-0.2, -0.15) is 0 Å². The molecule has 1 amide bonds. The van der Waals surface area contributed by atoms with Crippen LogP contribution in [0.15, 0.2) is 54.7 Å². The van der Waals surface area contributed by atoms with Crippen molar-refractivity contribution in [2.45, 2.75) is 6.61 Å². The van der Waals surface area contributed by atoms with Crippen molar-refractivity contribution in [2.24, 2.45) is 0 Å². The van der Waals surface area contributed by atoms with Gasteiger partial charge in [0.05, 0.1) is 15.2 Å². The van der Waals surface area contributed by atoms with Gasteiger partial charge in [-0.15, -0.1) is 0 Å². The Morgan fingerprint density at radius 2 is 2.10 bits per heavy atom. The number of aromatic hydroxyl groups is 1. The first-order valence-corrected chi connectivity index (χ1v) is 9.62. The Bertz CT molecular complexity index is 1210. The lowest BCUT2D eigenvalue weighted by molar-refractivity contribution is 0.101. The van der Waals surface area contributed by atoms with Gasteiger partial charge in [0.2, 0.25) is 0 Å². The summed E-state index contributed by atoms with van der Waals surface area (Å²) in [5, 5.41) is 13.0. The van der Waals surface area contributed by atoms with Gasteiger partial charge in [0.15, 0.2) is 10.8 Å². The Labute approximate surface area is 173 Å². The van der Waals surface area contributed by atoms with Crippen molar-refractivity contribution in [3.8, 4) is 11.5 Å². The average Bonchev–Trinajstić information content (AvgIpc) is 3.09. The molecule has 2 N–H and O–H groups in total. The molecule has 0 aliphatic carbocycles. The number of hydrogen-bond acceptors (Lipinski definition) is 6. The van der Waals surface area contributed by atoms with Gasteiger partial charge in [-0.3, -0.25) is 10.1 Å². The summed E-state index contributed by atoms with van der Waals surface area (Å²) in [5.41, 5.74) is 1.27. The molecule has 146 valence electrons. The van der Waals surface area contributed by atoms with Crippen LogP contribution in [0.4, 0.5) is 9.52 Å². The van der Waals surface area contributed by atoms with Crippen LogP contribution in [-0.4, -0.2) is 21.0 Å². The maximum absolute atomic E-state index is 13.1. The largest absolute Gasteiger partial charge is 0.505 e. The van der Waals surface area contributed by atoms with Crippen LogP contribution in [0.1, 0.15) is 16.1 Å². The summed E-state index contributed by atoms with van der Waals surface area (Å²) in [4.78, 5) is 20.5. The second-order valence-corrected chi connectivity index (χ2v) is 7.44. The third-order valence-electron chi connectivity index (χ3n) is 3.99. The predicted octanol–water partition coefficient (Wildman–Crippen LogP) is 5.02. The van der Waals surface area contributed by atoms with E-state index in [0.717, 1.165) is 4.70 Å². The van der Waals surface area contributed by atoms with Gasteiger partial charge >= 0.3 is 0 Å². The minimum atomic E-state index is -0.551. The standard InChI is InChI=1S/C20H13ClFN3O3S/c21-14-8-12(22)4-3-11(14)10-28-13-5-6-15-17(9-13)29-20(24-15)25-19(27)18-16(26)2-1-7-23-18/h1-9,26H,10H2,(H,24,25,27). The highest BCUT2D eigenvalue weighted by atomic mass is 35.5. The number of carbonyl (C=O) groups excluding carboxylic acids is 1. The summed E-state index contributed by atoms with van der Waals surface area (Å²) in [7, 11) is 0. The molecular weight excluding hydrogens is 417 g/mol. The number of pyridine rings is 1. The number of rotatable bonds is 5. The fourth-order valence-electron chi connectivity index (χ4n) is 2.58. The number of halogens is 2. The molecule has 0 bridgehead atoms. The van der Waals surface area contributed by atoms with Gasteiger partial charge in [-0.25, -0.2) is 14.4 Å². The second-order valence-electron chi connectivity index (χ2n) is 6.00. The number of fused-ring (bicyclic) bond motifs is 1. The summed E-state index contributed by atoms with van der Waals surface area (Å²) in [6.07, 6.45) is 1.42. The number of aromatic nitrogens is 2. The first kappa shape index (κ1) is 19.1. The van der Waals surface area contributed by atoms with E-state index < -0.39 is 11.7 Å². The molecule has 2 aromatic heterocycles. The Balaban J connectivity index is 1.49. The van der Waals surface area contributed by atoms with Crippen molar-refractivity contribution in [3.63, 3.8) is 0 Å². The highest BCUT2D eigenvalue weighted by Gasteiger charge is 2.15. The molecule has 0 aliphatic heterocycles. The van der Waals surface area contributed by atoms with Gasteiger partial charge in [0, 0.05) is 11.8 Å². The summed E-state index contributed by atoms with van der Waals surface area (Å²) < 4.78 is 19.7. The lowest BCUT2D eigenvalue weighted by atomic mass is 10.2. The molecule has 0 aliphatic rings. The normalized spacial score (nSPS) is 10.8. The van der Waals surface area contributed by atoms with Gasteiger partial charge in [-0.1, -0.05) is 29.0 Å². The van der Waals surface area contributed by atoms with Crippen LogP contribution < -0.4 is 10.1 Å². The first-order valence-electron chi connectivity index (χ1n) is 8.42. The van der Waals surface area contributed by atoms with Gasteiger partial charge in [0.25, 0.3) is 5.91 Å². The zero-order chi connectivity index (χ0) is 20.4. The van der Waals surface area contributed by atoms with E-state index in [0.29, 0.717) is 27.0 Å². The van der Waals surface area contributed by atoms with Crippen molar-refractivity contribution in [1.82, 2.24) is 9.97 Å². The topological polar surface area (TPSA) is 84.3 Å². The fraction of sp³-hybridized carbons (Fsp3) is 0.0500. The molecule has 0 saturated heterocycles. The van der Waals surface area contributed by atoms with E-state index in [1.54, 1.807) is 24.3 Å². The van der Waals surface area contributed by atoms with Crippen molar-refractivity contribution >= 4 is 44.2 Å². The van der Waals surface area contributed by atoms with E-state index in [1.807, 2.05) is 0 Å². The molecular formula is C20H13ClFN3O3S. The number of amides is 1. The number of anilines is 1. The number of carbonyl (C=O) groups is 1. The Morgan fingerprint density at radius 1 is 1.24 bits per heavy atom. The number of ether oxygens (including phenoxy) is 1. The number of thiazole rings is 1. The van der Waals surface area contributed by atoms with Crippen LogP contribution in [0.2, 0.25) is 5.02 Å². The minimum absolute atomic E-state index is 0.0769. The molecule has 0 spiro atoms. The summed E-state index contributed by atoms with van der Waals surface area (Å²) in [6.45, 7) is 0.186. The van der Waals surface area contributed by atoms with Crippen molar-refractivity contribution < 1.29 is 19.0 Å². The van der Waals surface area contributed by atoms with Crippen molar-refractivity contribution in [2.75, 3.05) is 5.32 Å². The van der Waals surface area contributed by atoms with E-state index in [9.17, 15) is 14.3 Å². The summed E-state index contributed by atoms with van der Waals surface area (Å²) in [5.74, 6) is -0.578.